The molecule has 7 nitrogen and oxygen atoms in total. The van der Waals surface area contributed by atoms with Gasteiger partial charge in [-0.15, -0.1) is 11.3 Å². The van der Waals surface area contributed by atoms with Crippen LogP contribution in [0, 0.1) is 0 Å². The number of amides is 2. The predicted molar refractivity (Wildman–Crippen MR) is 124 cm³/mol. The molecule has 3 aromatic heterocycles. The average Bonchev–Trinajstić information content (AvgIpc) is 3.46. The Morgan fingerprint density at radius 3 is 2.88 bits per heavy atom. The van der Waals surface area contributed by atoms with E-state index in [0.29, 0.717) is 23.5 Å². The molecule has 2 amide bonds. The van der Waals surface area contributed by atoms with Gasteiger partial charge in [-0.05, 0) is 42.3 Å². The molecule has 1 aliphatic rings. The number of nitrogens with zero attached hydrogens (tertiary/aromatic N) is 3. The summed E-state index contributed by atoms with van der Waals surface area (Å²) in [5.74, 6) is -0.167. The summed E-state index contributed by atoms with van der Waals surface area (Å²) in [7, 11) is 0. The summed E-state index contributed by atoms with van der Waals surface area (Å²) in [4.78, 5) is 38.0. The third-order valence-corrected chi connectivity index (χ3v) is 6.97. The normalized spacial score (nSPS) is 16.0. The molecular formula is C24H22N4O3S. The van der Waals surface area contributed by atoms with Gasteiger partial charge in [0.1, 0.15) is 4.83 Å². The third kappa shape index (κ3) is 3.72. The molecule has 0 aliphatic carbocycles. The van der Waals surface area contributed by atoms with E-state index in [1.807, 2.05) is 47.4 Å². The van der Waals surface area contributed by atoms with Gasteiger partial charge in [-0.2, -0.15) is 0 Å². The fraction of sp³-hybridized carbons (Fsp3) is 0.250. The molecule has 0 bridgehead atoms. The first-order valence-electron chi connectivity index (χ1n) is 10.6. The van der Waals surface area contributed by atoms with E-state index in [0.717, 1.165) is 33.1 Å². The Labute approximate surface area is 188 Å². The van der Waals surface area contributed by atoms with Gasteiger partial charge in [0, 0.05) is 54.3 Å². The standard InChI is InChI=1S/C24H22N4O3S/c29-12-10-26-22(30)21-20(18-4-2-9-27-23(18)32-21)17-7-11-28(14-17)24(31)16-5-6-19-15(13-16)3-1-8-25-19/h1-6,8-9,13,17,29H,7,10-12,14H2,(H,26,30). The Bertz CT molecular complexity index is 1320. The zero-order valence-electron chi connectivity index (χ0n) is 17.3. The minimum atomic E-state index is -0.205. The van der Waals surface area contributed by atoms with Gasteiger partial charge < -0.3 is 15.3 Å². The number of carbonyl (C=O) groups excluding carboxylic acids is 2. The molecule has 1 unspecified atom stereocenters. The van der Waals surface area contributed by atoms with Gasteiger partial charge in [0.25, 0.3) is 11.8 Å². The lowest BCUT2D eigenvalue weighted by Gasteiger charge is -2.17. The van der Waals surface area contributed by atoms with Crippen molar-refractivity contribution in [2.24, 2.45) is 0 Å². The van der Waals surface area contributed by atoms with Gasteiger partial charge in [-0.25, -0.2) is 4.98 Å². The molecule has 1 fully saturated rings. The van der Waals surface area contributed by atoms with E-state index in [9.17, 15) is 9.59 Å². The number of aromatic nitrogens is 2. The van der Waals surface area contributed by atoms with Crippen LogP contribution in [0.25, 0.3) is 21.1 Å². The highest BCUT2D eigenvalue weighted by molar-refractivity contribution is 7.20. The number of fused-ring (bicyclic) bond motifs is 2. The van der Waals surface area contributed by atoms with Crippen LogP contribution in [0.1, 0.15) is 37.9 Å². The van der Waals surface area contributed by atoms with Crippen molar-refractivity contribution in [2.75, 3.05) is 26.2 Å². The molecule has 2 N–H and O–H groups in total. The third-order valence-electron chi connectivity index (χ3n) is 5.84. The molecule has 1 aliphatic heterocycles. The number of nitrogens with one attached hydrogen (secondary N) is 1. The van der Waals surface area contributed by atoms with Crippen molar-refractivity contribution >= 4 is 44.3 Å². The molecular weight excluding hydrogens is 424 g/mol. The number of hydrogen-bond acceptors (Lipinski definition) is 6. The average molecular weight is 447 g/mol. The summed E-state index contributed by atoms with van der Waals surface area (Å²) in [6.45, 7) is 1.26. The van der Waals surface area contributed by atoms with Crippen molar-refractivity contribution in [3.05, 3.63) is 70.9 Å². The van der Waals surface area contributed by atoms with E-state index in [1.54, 1.807) is 12.4 Å². The van der Waals surface area contributed by atoms with Crippen LogP contribution >= 0.6 is 11.3 Å². The van der Waals surface area contributed by atoms with Gasteiger partial charge in [-0.1, -0.05) is 12.1 Å². The number of aliphatic hydroxyl groups excluding tert-OH is 1. The number of pyridine rings is 2. The Hall–Kier alpha value is -3.36. The minimum Gasteiger partial charge on any atom is -0.395 e. The summed E-state index contributed by atoms with van der Waals surface area (Å²) >= 11 is 1.36. The molecule has 1 saturated heterocycles. The number of carbonyl (C=O) groups is 2. The fourth-order valence-corrected chi connectivity index (χ4v) is 5.49. The second-order valence-electron chi connectivity index (χ2n) is 7.83. The summed E-state index contributed by atoms with van der Waals surface area (Å²) in [6, 6.07) is 13.2. The maximum absolute atomic E-state index is 13.2. The summed E-state index contributed by atoms with van der Waals surface area (Å²) in [6.07, 6.45) is 4.24. The molecule has 1 aromatic carbocycles. The van der Waals surface area contributed by atoms with Crippen LogP contribution in [0.15, 0.2) is 54.9 Å². The largest absolute Gasteiger partial charge is 0.395 e. The first-order valence-corrected chi connectivity index (χ1v) is 11.4. The van der Waals surface area contributed by atoms with Crippen molar-refractivity contribution in [1.82, 2.24) is 20.2 Å². The Morgan fingerprint density at radius 1 is 1.16 bits per heavy atom. The van der Waals surface area contributed by atoms with Crippen LogP contribution < -0.4 is 5.32 Å². The van der Waals surface area contributed by atoms with Crippen LogP contribution in [0.4, 0.5) is 0 Å². The monoisotopic (exact) mass is 446 g/mol. The molecule has 162 valence electrons. The number of likely N-dealkylation sites (tertiary alicyclic amines) is 1. The van der Waals surface area contributed by atoms with E-state index < -0.39 is 0 Å². The predicted octanol–water partition coefficient (Wildman–Crippen LogP) is 3.20. The Balaban J connectivity index is 1.43. The molecule has 0 radical (unpaired) electrons. The molecule has 0 spiro atoms. The van der Waals surface area contributed by atoms with E-state index >= 15 is 0 Å². The topological polar surface area (TPSA) is 95.4 Å². The van der Waals surface area contributed by atoms with Crippen LogP contribution in [0.2, 0.25) is 0 Å². The summed E-state index contributed by atoms with van der Waals surface area (Å²) in [5.41, 5.74) is 2.45. The molecule has 1 atom stereocenters. The lowest BCUT2D eigenvalue weighted by Crippen LogP contribution is -2.29. The van der Waals surface area contributed by atoms with E-state index in [-0.39, 0.29) is 30.9 Å². The fourth-order valence-electron chi connectivity index (χ4n) is 4.35. The zero-order valence-corrected chi connectivity index (χ0v) is 18.1. The summed E-state index contributed by atoms with van der Waals surface area (Å²) in [5, 5.41) is 13.7. The number of thiophene rings is 1. The number of aliphatic hydroxyl groups is 1. The molecule has 4 aromatic rings. The first-order chi connectivity index (χ1) is 15.7. The quantitative estimate of drug-likeness (QED) is 0.491. The SMILES string of the molecule is O=C(NCCO)c1sc2ncccc2c1C1CCN(C(=O)c2ccc3ncccc3c2)C1. The van der Waals surface area contributed by atoms with Crippen LogP contribution in [0.3, 0.4) is 0 Å². The second kappa shape index (κ2) is 8.64. The highest BCUT2D eigenvalue weighted by atomic mass is 32.1. The molecule has 32 heavy (non-hydrogen) atoms. The lowest BCUT2D eigenvalue weighted by atomic mass is 9.95. The molecule has 8 heteroatoms. The molecule has 0 saturated carbocycles. The maximum atomic E-state index is 13.2. The lowest BCUT2D eigenvalue weighted by molar-refractivity contribution is 0.0791. The Kier molecular flexibility index (Phi) is 5.55. The van der Waals surface area contributed by atoms with Crippen LogP contribution in [0.5, 0.6) is 0 Å². The number of rotatable bonds is 5. The van der Waals surface area contributed by atoms with Gasteiger partial charge in [0.2, 0.25) is 0 Å². The minimum absolute atomic E-state index is 0.0119. The van der Waals surface area contributed by atoms with Gasteiger partial charge >= 0.3 is 0 Å². The van der Waals surface area contributed by atoms with E-state index in [2.05, 4.69) is 15.3 Å². The van der Waals surface area contributed by atoms with Crippen molar-refractivity contribution in [3.63, 3.8) is 0 Å². The molecule has 4 heterocycles. The highest BCUT2D eigenvalue weighted by Gasteiger charge is 2.33. The highest BCUT2D eigenvalue weighted by Crippen LogP contribution is 2.39. The number of benzene rings is 1. The van der Waals surface area contributed by atoms with Gasteiger partial charge in [0.05, 0.1) is 17.0 Å². The summed E-state index contributed by atoms with van der Waals surface area (Å²) < 4.78 is 0. The van der Waals surface area contributed by atoms with Gasteiger partial charge in [0.15, 0.2) is 0 Å². The number of hydrogen-bond donors (Lipinski definition) is 2. The van der Waals surface area contributed by atoms with Crippen molar-refractivity contribution in [2.45, 2.75) is 12.3 Å². The first kappa shape index (κ1) is 20.5. The smallest absolute Gasteiger partial charge is 0.261 e. The molecule has 5 rings (SSSR count). The van der Waals surface area contributed by atoms with Gasteiger partial charge in [-0.3, -0.25) is 14.6 Å². The van der Waals surface area contributed by atoms with E-state index in [4.69, 9.17) is 5.11 Å². The van der Waals surface area contributed by atoms with Crippen LogP contribution in [-0.2, 0) is 0 Å². The van der Waals surface area contributed by atoms with Crippen LogP contribution in [-0.4, -0.2) is 58.0 Å². The Morgan fingerprint density at radius 2 is 2.00 bits per heavy atom. The maximum Gasteiger partial charge on any atom is 0.261 e. The zero-order chi connectivity index (χ0) is 22.1. The van der Waals surface area contributed by atoms with Crippen molar-refractivity contribution in [3.8, 4) is 0 Å². The second-order valence-corrected chi connectivity index (χ2v) is 8.83. The van der Waals surface area contributed by atoms with E-state index in [1.165, 1.54) is 11.3 Å². The van der Waals surface area contributed by atoms with Crippen molar-refractivity contribution in [1.29, 1.82) is 0 Å². The van der Waals surface area contributed by atoms with Crippen molar-refractivity contribution < 1.29 is 14.7 Å².